The summed E-state index contributed by atoms with van der Waals surface area (Å²) in [6.45, 7) is 1.03. The average Bonchev–Trinajstić information content (AvgIpc) is 2.83. The molecule has 0 unspecified atom stereocenters. The van der Waals surface area contributed by atoms with Crippen LogP contribution in [0.5, 0.6) is 0 Å². The van der Waals surface area contributed by atoms with Gasteiger partial charge in [0.2, 0.25) is 0 Å². The molecular weight excluding hydrogens is 335 g/mol. The van der Waals surface area contributed by atoms with E-state index < -0.39 is 22.9 Å². The maximum Gasteiger partial charge on any atom is 0.451 e. The minimum Gasteiger partial charge on any atom is -0.427 e. The van der Waals surface area contributed by atoms with Gasteiger partial charge in [-0.3, -0.25) is 0 Å². The van der Waals surface area contributed by atoms with Gasteiger partial charge in [0, 0.05) is 33.2 Å². The molecule has 0 saturated carbocycles. The van der Waals surface area contributed by atoms with Crippen LogP contribution in [-0.4, -0.2) is 98.2 Å². The molecule has 1 fully saturated rings. The van der Waals surface area contributed by atoms with E-state index in [0.717, 1.165) is 0 Å². The van der Waals surface area contributed by atoms with Gasteiger partial charge < -0.3 is 25.5 Å². The van der Waals surface area contributed by atoms with Crippen molar-refractivity contribution in [2.24, 2.45) is 11.7 Å². The Bertz CT molecular complexity index is 518. The van der Waals surface area contributed by atoms with E-state index in [-0.39, 0.29) is 25.3 Å². The summed E-state index contributed by atoms with van der Waals surface area (Å²) < 4.78 is 27.8. The first-order valence-corrected chi connectivity index (χ1v) is 9.40. The molecule has 1 saturated heterocycles. The van der Waals surface area contributed by atoms with Crippen LogP contribution < -0.4 is 5.73 Å². The lowest BCUT2D eigenvalue weighted by molar-refractivity contribution is -0.113. The van der Waals surface area contributed by atoms with Crippen LogP contribution in [0.2, 0.25) is 6.32 Å². The molecule has 9 nitrogen and oxygen atoms in total. The predicted octanol–water partition coefficient (Wildman–Crippen LogP) is -2.19. The molecule has 1 heterocycles. The van der Waals surface area contributed by atoms with Crippen LogP contribution in [0.25, 0.3) is 0 Å². The summed E-state index contributed by atoms with van der Waals surface area (Å²) in [4.78, 5) is 13.3. The number of rotatable bonds is 10. The van der Waals surface area contributed by atoms with Crippen LogP contribution in [-0.2, 0) is 15.0 Å². The van der Waals surface area contributed by atoms with Gasteiger partial charge in [0.05, 0.1) is 5.54 Å². The molecule has 4 N–H and O–H groups in total. The van der Waals surface area contributed by atoms with E-state index in [1.54, 1.807) is 0 Å². The van der Waals surface area contributed by atoms with E-state index in [4.69, 9.17) is 15.8 Å². The highest BCUT2D eigenvalue weighted by atomic mass is 32.2. The summed E-state index contributed by atoms with van der Waals surface area (Å²) in [5.41, 5.74) is 4.86. The van der Waals surface area contributed by atoms with Crippen LogP contribution in [0, 0.1) is 5.92 Å². The van der Waals surface area contributed by atoms with Gasteiger partial charge in [-0.2, -0.15) is 17.0 Å². The van der Waals surface area contributed by atoms with Crippen molar-refractivity contribution in [1.82, 2.24) is 13.5 Å². The zero-order valence-corrected chi connectivity index (χ0v) is 15.4. The van der Waals surface area contributed by atoms with Gasteiger partial charge in [-0.1, -0.05) is 6.42 Å². The molecule has 0 aliphatic carbocycles. The lowest BCUT2D eigenvalue weighted by Gasteiger charge is -2.25. The van der Waals surface area contributed by atoms with Gasteiger partial charge in [-0.05, 0) is 32.8 Å². The quantitative estimate of drug-likeness (QED) is 0.297. The highest BCUT2D eigenvalue weighted by Crippen LogP contribution is 2.31. The molecule has 0 aromatic rings. The first-order valence-electron chi connectivity index (χ1n) is 8.00. The Hall–Kier alpha value is -0.555. The fourth-order valence-electron chi connectivity index (χ4n) is 2.78. The Kier molecular flexibility index (Phi) is 7.79. The molecule has 24 heavy (non-hydrogen) atoms. The number of carbonyl (C=O) groups excluding carboxylic acids is 1. The molecule has 0 amide bonds. The van der Waals surface area contributed by atoms with Gasteiger partial charge in [0.15, 0.2) is 0 Å². The van der Waals surface area contributed by atoms with Gasteiger partial charge in [0.25, 0.3) is 10.2 Å². The molecule has 0 bridgehead atoms. The Morgan fingerprint density at radius 3 is 2.46 bits per heavy atom. The largest absolute Gasteiger partial charge is 0.451 e. The van der Waals surface area contributed by atoms with Crippen molar-refractivity contribution in [1.29, 1.82) is 0 Å². The second kappa shape index (κ2) is 8.70. The molecule has 0 spiro atoms. The van der Waals surface area contributed by atoms with Crippen molar-refractivity contribution < 1.29 is 23.3 Å². The fraction of sp³-hybridized carbons (Fsp3) is 0.923. The third-order valence-electron chi connectivity index (χ3n) is 4.45. The predicted molar refractivity (Wildman–Crippen MR) is 92.4 cm³/mol. The van der Waals surface area contributed by atoms with E-state index in [1.807, 2.05) is 19.0 Å². The van der Waals surface area contributed by atoms with Crippen LogP contribution >= 0.6 is 0 Å². The first kappa shape index (κ1) is 21.5. The number of likely N-dealkylation sites (N-methyl/N-ethyl adjacent to an activating group) is 2. The summed E-state index contributed by atoms with van der Waals surface area (Å²) in [6.07, 6.45) is 1.70. The normalized spacial score (nSPS) is 25.6. The molecule has 2 atom stereocenters. The lowest BCUT2D eigenvalue weighted by atomic mass is 9.79. The maximum atomic E-state index is 12.7. The second-order valence-electron chi connectivity index (χ2n) is 6.76. The molecular formula is C13H29BN4O5S. The molecule has 0 aromatic carbocycles. The smallest absolute Gasteiger partial charge is 0.427 e. The zero-order valence-electron chi connectivity index (χ0n) is 14.6. The molecule has 11 heteroatoms. The highest BCUT2D eigenvalue weighted by molar-refractivity contribution is 7.86. The van der Waals surface area contributed by atoms with E-state index in [9.17, 15) is 13.2 Å². The summed E-state index contributed by atoms with van der Waals surface area (Å²) in [5, 5.41) is 17.8. The van der Waals surface area contributed by atoms with E-state index in [2.05, 4.69) is 0 Å². The first-order chi connectivity index (χ1) is 11.0. The maximum absolute atomic E-state index is 12.7. The van der Waals surface area contributed by atoms with Gasteiger partial charge in [0.1, 0.15) is 6.29 Å². The Balaban J connectivity index is 2.77. The molecule has 1 rings (SSSR count). The SMILES string of the molecule is CN(C)CCN(C)S(=O)(=O)N1C[C@H](CCCB(O)O)[C@](N)(C=O)C1. The van der Waals surface area contributed by atoms with E-state index in [1.165, 1.54) is 15.7 Å². The third-order valence-corrected chi connectivity index (χ3v) is 6.35. The monoisotopic (exact) mass is 364 g/mol. The van der Waals surface area contributed by atoms with E-state index >= 15 is 0 Å². The number of aldehydes is 1. The van der Waals surface area contributed by atoms with Crippen molar-refractivity contribution in [2.45, 2.75) is 24.7 Å². The second-order valence-corrected chi connectivity index (χ2v) is 8.80. The molecule has 1 aliphatic heterocycles. The van der Waals surface area contributed by atoms with Gasteiger partial charge in [-0.15, -0.1) is 0 Å². The van der Waals surface area contributed by atoms with Crippen molar-refractivity contribution >= 4 is 23.6 Å². The number of hydrogen-bond donors (Lipinski definition) is 3. The standard InChI is InChI=1S/C13H29BN4O5S/c1-16(2)7-8-17(3)24(22,23)18-9-12(5-4-6-14(20)21)13(15,10-18)11-19/h11-12,20-21H,4-10,15H2,1-3H3/t12-,13+/m0/s1. The van der Waals surface area contributed by atoms with E-state index in [0.29, 0.717) is 32.2 Å². The summed E-state index contributed by atoms with van der Waals surface area (Å²) in [6, 6.07) is 0. The Labute approximate surface area is 144 Å². The topological polar surface area (TPSA) is 127 Å². The number of hydrogen-bond acceptors (Lipinski definition) is 7. The number of nitrogens with zero attached hydrogens (tertiary/aromatic N) is 3. The lowest BCUT2D eigenvalue weighted by Crippen LogP contribution is -2.50. The fourth-order valence-corrected chi connectivity index (χ4v) is 4.25. The van der Waals surface area contributed by atoms with Crippen LogP contribution in [0.1, 0.15) is 12.8 Å². The van der Waals surface area contributed by atoms with Crippen LogP contribution in [0.3, 0.4) is 0 Å². The van der Waals surface area contributed by atoms with Crippen molar-refractivity contribution in [3.05, 3.63) is 0 Å². The molecule has 0 radical (unpaired) electrons. The number of nitrogens with two attached hydrogens (primary N) is 1. The van der Waals surface area contributed by atoms with Crippen LogP contribution in [0.15, 0.2) is 0 Å². The Morgan fingerprint density at radius 2 is 1.96 bits per heavy atom. The average molecular weight is 364 g/mol. The van der Waals surface area contributed by atoms with Gasteiger partial charge >= 0.3 is 7.12 Å². The van der Waals surface area contributed by atoms with Gasteiger partial charge in [-0.25, -0.2) is 0 Å². The third kappa shape index (κ3) is 5.48. The summed E-state index contributed by atoms with van der Waals surface area (Å²) in [7, 11) is 0.130. The van der Waals surface area contributed by atoms with Crippen molar-refractivity contribution in [2.75, 3.05) is 47.3 Å². The van der Waals surface area contributed by atoms with Crippen LogP contribution in [0.4, 0.5) is 0 Å². The molecule has 140 valence electrons. The Morgan fingerprint density at radius 1 is 1.33 bits per heavy atom. The molecule has 1 aliphatic rings. The minimum absolute atomic E-state index is 0.0581. The van der Waals surface area contributed by atoms with Crippen molar-refractivity contribution in [3.8, 4) is 0 Å². The summed E-state index contributed by atoms with van der Waals surface area (Å²) >= 11 is 0. The van der Waals surface area contributed by atoms with Crippen molar-refractivity contribution in [3.63, 3.8) is 0 Å². The minimum atomic E-state index is -3.69. The highest BCUT2D eigenvalue weighted by Gasteiger charge is 2.48. The zero-order chi connectivity index (χ0) is 18.5. The molecule has 0 aromatic heterocycles. The number of carbonyl (C=O) groups is 1. The summed E-state index contributed by atoms with van der Waals surface area (Å²) in [5.74, 6) is -0.342.